The van der Waals surface area contributed by atoms with Crippen molar-refractivity contribution in [3.8, 4) is 11.5 Å². The highest BCUT2D eigenvalue weighted by Gasteiger charge is 2.37. The first kappa shape index (κ1) is 64.6. The summed E-state index contributed by atoms with van der Waals surface area (Å²) in [5.41, 5.74) is 1.27. The number of unbranched alkanes of at least 4 members (excludes halogenated alkanes) is 5. The summed E-state index contributed by atoms with van der Waals surface area (Å²) in [7, 11) is 0. The minimum absolute atomic E-state index is 0.233. The maximum Gasteiger partial charge on any atom is 0.330 e. The molecule has 0 atom stereocenters. The lowest BCUT2D eigenvalue weighted by Gasteiger charge is -2.30. The number of fused-ring (bicyclic) bond motifs is 1. The Bertz CT molecular complexity index is 2690. The van der Waals surface area contributed by atoms with Gasteiger partial charge in [-0.25, -0.2) is 19.6 Å². The summed E-state index contributed by atoms with van der Waals surface area (Å²) < 4.78 is 45.8. The number of benzene rings is 2. The summed E-state index contributed by atoms with van der Waals surface area (Å²) in [4.78, 5) is 107. The van der Waals surface area contributed by atoms with Crippen LogP contribution in [0.4, 0.5) is 5.13 Å². The molecule has 0 aliphatic heterocycles. The van der Waals surface area contributed by atoms with Crippen molar-refractivity contribution in [3.05, 3.63) is 73.3 Å². The van der Waals surface area contributed by atoms with Crippen molar-refractivity contribution in [1.82, 2.24) is 4.98 Å². The molecule has 4 saturated carbocycles. The number of thiazole rings is 1. The van der Waals surface area contributed by atoms with E-state index in [9.17, 15) is 38.4 Å². The van der Waals surface area contributed by atoms with E-state index in [1.165, 1.54) is 11.3 Å². The third kappa shape index (κ3) is 20.4. The van der Waals surface area contributed by atoms with Crippen LogP contribution in [0, 0.1) is 35.5 Å². The van der Waals surface area contributed by atoms with Crippen molar-refractivity contribution < 1.29 is 76.3 Å². The second-order valence-corrected chi connectivity index (χ2v) is 23.4. The summed E-state index contributed by atoms with van der Waals surface area (Å²) >= 11 is 1.53. The van der Waals surface area contributed by atoms with Gasteiger partial charge in [-0.3, -0.25) is 28.8 Å². The van der Waals surface area contributed by atoms with Gasteiger partial charge in [0.15, 0.2) is 0 Å². The molecule has 2 aromatic carbocycles. The Morgan fingerprint density at radius 3 is 1.48 bits per heavy atom. The van der Waals surface area contributed by atoms with Crippen molar-refractivity contribution in [1.29, 1.82) is 0 Å². The van der Waals surface area contributed by atoms with Gasteiger partial charge >= 0.3 is 47.8 Å². The quantitative estimate of drug-likeness (QED) is 0.0115. The number of anilines is 1. The molecule has 0 spiro atoms. The Morgan fingerprint density at radius 1 is 0.536 bits per heavy atom. The lowest BCUT2D eigenvalue weighted by Crippen LogP contribution is -2.33. The molecular formula is C64H83N3O16S. The van der Waals surface area contributed by atoms with Crippen LogP contribution in [0.3, 0.4) is 0 Å². The van der Waals surface area contributed by atoms with Gasteiger partial charge in [-0.2, -0.15) is 5.10 Å². The average molecular weight is 1180 g/mol. The van der Waals surface area contributed by atoms with E-state index in [4.69, 9.17) is 48.0 Å². The molecule has 0 unspecified atom stereocenters. The molecule has 1 heterocycles. The van der Waals surface area contributed by atoms with Crippen LogP contribution in [0.1, 0.15) is 167 Å². The number of ether oxygens (including phenoxy) is 8. The van der Waals surface area contributed by atoms with Crippen LogP contribution < -0.4 is 14.5 Å². The normalized spacial score (nSPS) is 22.4. The number of carbonyl (C=O) groups is 8. The first-order valence-corrected chi connectivity index (χ1v) is 31.2. The van der Waals surface area contributed by atoms with Gasteiger partial charge in [0.05, 0.1) is 78.4 Å². The molecule has 1 aromatic heterocycles. The summed E-state index contributed by atoms with van der Waals surface area (Å²) in [5, 5.41) is 7.49. The second-order valence-electron chi connectivity index (χ2n) is 22.3. The maximum atomic E-state index is 14.0. The minimum atomic E-state index is -0.486. The summed E-state index contributed by atoms with van der Waals surface area (Å²) in [6.45, 7) is 10.4. The molecule has 7 rings (SSSR count). The first-order valence-electron chi connectivity index (χ1n) is 30.4. The van der Waals surface area contributed by atoms with E-state index < -0.39 is 35.7 Å². The molecule has 0 bridgehead atoms. The first-order chi connectivity index (χ1) is 40.8. The highest BCUT2D eigenvalue weighted by atomic mass is 32.1. The van der Waals surface area contributed by atoms with E-state index in [1.807, 2.05) is 29.3 Å². The third-order valence-electron chi connectivity index (χ3n) is 16.2. The summed E-state index contributed by atoms with van der Waals surface area (Å²) in [6.07, 6.45) is 17.6. The molecular weight excluding hydrogens is 1100 g/mol. The van der Waals surface area contributed by atoms with Crippen LogP contribution in [0.2, 0.25) is 0 Å². The van der Waals surface area contributed by atoms with E-state index in [0.717, 1.165) is 48.1 Å². The van der Waals surface area contributed by atoms with Gasteiger partial charge in [-0.05, 0) is 165 Å². The van der Waals surface area contributed by atoms with Crippen molar-refractivity contribution in [2.24, 2.45) is 40.6 Å². The number of aromatic nitrogens is 1. The number of hydrogen-bond acceptors (Lipinski definition) is 20. The highest BCUT2D eigenvalue weighted by molar-refractivity contribution is 7.22. The van der Waals surface area contributed by atoms with Gasteiger partial charge in [0, 0.05) is 24.3 Å². The lowest BCUT2D eigenvalue weighted by atomic mass is 9.82. The zero-order valence-electron chi connectivity index (χ0n) is 48.6. The van der Waals surface area contributed by atoms with Crippen molar-refractivity contribution >= 4 is 80.7 Å². The molecule has 84 heavy (non-hydrogen) atoms. The number of rotatable bonds is 30. The number of para-hydroxylation sites is 1. The predicted octanol–water partition coefficient (Wildman–Crippen LogP) is 11.4. The Kier molecular flexibility index (Phi) is 26.2. The Hall–Kier alpha value is -6.96. The topological polar surface area (TPSA) is 239 Å². The maximum absolute atomic E-state index is 14.0. The number of hydrogen-bond donors (Lipinski definition) is 0. The van der Waals surface area contributed by atoms with Gasteiger partial charge in [0.2, 0.25) is 5.13 Å². The number of carbonyl (C=O) groups excluding carboxylic acids is 8. The summed E-state index contributed by atoms with van der Waals surface area (Å²) in [5.74, 6) is -4.64. The molecule has 4 fully saturated rings. The van der Waals surface area contributed by atoms with E-state index in [-0.39, 0.29) is 97.7 Å². The average Bonchev–Trinajstić information content (AvgIpc) is 4.15. The van der Waals surface area contributed by atoms with Gasteiger partial charge in [0.25, 0.3) is 0 Å². The molecule has 3 aromatic rings. The zero-order chi connectivity index (χ0) is 59.6. The van der Waals surface area contributed by atoms with Gasteiger partial charge in [-0.15, -0.1) is 0 Å². The monoisotopic (exact) mass is 1180 g/mol. The molecule has 4 aliphatic carbocycles. The molecule has 0 N–H and O–H groups in total. The van der Waals surface area contributed by atoms with Gasteiger partial charge < -0.3 is 37.9 Å². The Labute approximate surface area is 496 Å². The van der Waals surface area contributed by atoms with Crippen molar-refractivity contribution in [3.63, 3.8) is 0 Å². The van der Waals surface area contributed by atoms with Gasteiger partial charge in [-0.1, -0.05) is 62.8 Å². The van der Waals surface area contributed by atoms with Crippen LogP contribution in [0.15, 0.2) is 72.9 Å². The van der Waals surface area contributed by atoms with Crippen LogP contribution in [0.25, 0.3) is 10.2 Å². The molecule has 4 aliphatic rings. The predicted molar refractivity (Wildman–Crippen MR) is 314 cm³/mol. The standard InChI is InChI=1S/C64H83N3O16S/c1-4-7-8-11-36-67(64-66-53-16-9-10-17-55(53)84-64)65-42-49-41-52(82-62(74)47-20-18-45(19-21-47)60(72)80-50-30-26-43(27-31-50)58(70)78-39-14-12-37-76-56(68)5-2)34-35-54(49)83-63(75)48-24-22-46(23-25-48)61(73)81-51-32-28-44(29-33-51)59(71)79-40-15-13-38-77-57(69)6-3/h5-6,9-10,16-17,34-35,41-48,50-51H,2-4,7-8,11-15,18-33,36-40H2,1H3/b65-42+. The molecule has 0 saturated heterocycles. The molecule has 20 heteroatoms. The molecule has 456 valence electrons. The fraction of sp³-hybridized carbons (Fsp3) is 0.594. The fourth-order valence-corrected chi connectivity index (χ4v) is 12.1. The number of nitrogens with zero attached hydrogens (tertiary/aromatic N) is 3. The fourth-order valence-electron chi connectivity index (χ4n) is 11.1. The Morgan fingerprint density at radius 2 is 0.988 bits per heavy atom. The van der Waals surface area contributed by atoms with Gasteiger partial charge in [0.1, 0.15) is 23.7 Å². The van der Waals surface area contributed by atoms with Crippen LogP contribution >= 0.6 is 11.3 Å². The Balaban J connectivity index is 0.900. The SMILES string of the molecule is C=CC(=O)OCCCCOC(=O)C1CCC(OC(=O)C2CCC(C(=O)Oc3ccc(OC(=O)C4CCC(C(=O)OC5CCC(C(=O)OCCCCOC(=O)C=C)CC5)CC4)c(/C=N/N(CCCCCC)c4nc5ccccc5s4)c3)CC2)CC1. The number of esters is 8. The lowest BCUT2D eigenvalue weighted by molar-refractivity contribution is -0.161. The van der Waals surface area contributed by atoms with Crippen molar-refractivity contribution in [2.45, 2.75) is 173 Å². The number of hydrazone groups is 1. The zero-order valence-corrected chi connectivity index (χ0v) is 49.4. The van der Waals surface area contributed by atoms with E-state index in [1.54, 1.807) is 24.4 Å². The largest absolute Gasteiger partial charge is 0.465 e. The van der Waals surface area contributed by atoms with Crippen molar-refractivity contribution in [2.75, 3.05) is 38.0 Å². The highest BCUT2D eigenvalue weighted by Crippen LogP contribution is 2.37. The molecule has 19 nitrogen and oxygen atoms in total. The van der Waals surface area contributed by atoms with Crippen LogP contribution in [-0.2, 0) is 66.8 Å². The van der Waals surface area contributed by atoms with Crippen LogP contribution in [-0.4, -0.2) is 104 Å². The summed E-state index contributed by atoms with van der Waals surface area (Å²) in [6, 6.07) is 12.7. The molecule has 0 radical (unpaired) electrons. The second kappa shape index (κ2) is 34.1. The van der Waals surface area contributed by atoms with E-state index in [2.05, 4.69) is 20.1 Å². The third-order valence-corrected chi connectivity index (χ3v) is 17.3. The smallest absolute Gasteiger partial charge is 0.330 e. The van der Waals surface area contributed by atoms with E-state index >= 15 is 0 Å². The molecule has 0 amide bonds. The van der Waals surface area contributed by atoms with E-state index in [0.29, 0.717) is 146 Å². The van der Waals surface area contributed by atoms with Crippen LogP contribution in [0.5, 0.6) is 11.5 Å². The minimum Gasteiger partial charge on any atom is -0.465 e.